The van der Waals surface area contributed by atoms with Gasteiger partial charge in [0.05, 0.1) is 0 Å². The van der Waals surface area contributed by atoms with Crippen molar-refractivity contribution in [3.63, 3.8) is 0 Å². The van der Waals surface area contributed by atoms with Gasteiger partial charge >= 0.3 is 5.97 Å². The quantitative estimate of drug-likeness (QED) is 0.362. The molecule has 0 radical (unpaired) electrons. The molecule has 0 aromatic heterocycles. The summed E-state index contributed by atoms with van der Waals surface area (Å²) >= 11 is 0. The lowest BCUT2D eigenvalue weighted by atomic mass is 10.1. The second-order valence-corrected chi connectivity index (χ2v) is 4.66. The van der Waals surface area contributed by atoms with Gasteiger partial charge in [0.25, 0.3) is 0 Å². The SMILES string of the molecule is C=CC(N)OC(=O)C(=C)C(C)C.C=CN1CCCC1=O. The van der Waals surface area contributed by atoms with E-state index in [0.717, 1.165) is 13.0 Å². The maximum atomic E-state index is 11.1. The van der Waals surface area contributed by atoms with E-state index in [0.29, 0.717) is 12.0 Å². The number of esters is 1. The van der Waals surface area contributed by atoms with Crippen molar-refractivity contribution >= 4 is 11.9 Å². The summed E-state index contributed by atoms with van der Waals surface area (Å²) < 4.78 is 4.74. The summed E-state index contributed by atoms with van der Waals surface area (Å²) in [6, 6.07) is 0. The van der Waals surface area contributed by atoms with Crippen molar-refractivity contribution in [3.05, 3.63) is 37.6 Å². The van der Waals surface area contributed by atoms with Gasteiger partial charge in [0.15, 0.2) is 6.23 Å². The topological polar surface area (TPSA) is 72.6 Å². The predicted octanol–water partition coefficient (Wildman–Crippen LogP) is 1.96. The van der Waals surface area contributed by atoms with E-state index in [2.05, 4.69) is 19.7 Å². The summed E-state index contributed by atoms with van der Waals surface area (Å²) in [6.45, 7) is 15.1. The number of ether oxygens (including phenoxy) is 1. The number of carbonyl (C=O) groups is 2. The molecular weight excluding hydrogens is 256 g/mol. The number of hydrogen-bond donors (Lipinski definition) is 1. The molecule has 1 aliphatic heterocycles. The van der Waals surface area contributed by atoms with Gasteiger partial charge in [-0.1, -0.05) is 33.6 Å². The summed E-state index contributed by atoms with van der Waals surface area (Å²) in [4.78, 5) is 23.4. The molecule has 1 atom stereocenters. The van der Waals surface area contributed by atoms with E-state index < -0.39 is 12.2 Å². The Morgan fingerprint density at radius 3 is 2.35 bits per heavy atom. The van der Waals surface area contributed by atoms with Crippen molar-refractivity contribution in [1.29, 1.82) is 0 Å². The van der Waals surface area contributed by atoms with Crippen LogP contribution in [0.4, 0.5) is 0 Å². The average molecular weight is 280 g/mol. The minimum absolute atomic E-state index is 0.0783. The van der Waals surface area contributed by atoms with Gasteiger partial charge in [-0.25, -0.2) is 4.79 Å². The molecule has 1 heterocycles. The van der Waals surface area contributed by atoms with Gasteiger partial charge in [0.2, 0.25) is 5.91 Å². The summed E-state index contributed by atoms with van der Waals surface area (Å²) in [6.07, 6.45) is 3.89. The maximum absolute atomic E-state index is 11.1. The molecule has 0 bridgehead atoms. The first-order valence-corrected chi connectivity index (χ1v) is 6.53. The van der Waals surface area contributed by atoms with Crippen LogP contribution >= 0.6 is 0 Å². The summed E-state index contributed by atoms with van der Waals surface area (Å²) in [5, 5.41) is 0. The Balaban J connectivity index is 0.000000388. The largest absolute Gasteiger partial charge is 0.440 e. The van der Waals surface area contributed by atoms with Crippen LogP contribution in [-0.2, 0) is 14.3 Å². The van der Waals surface area contributed by atoms with Gasteiger partial charge in [-0.3, -0.25) is 10.5 Å². The van der Waals surface area contributed by atoms with Gasteiger partial charge in [-0.05, 0) is 24.6 Å². The standard InChI is InChI=1S/C9H15NO2.C6H9NO/c1-5-8(10)12-9(11)7(4)6(2)3;1-2-7-5-3-4-6(7)8/h5-6,8H,1,4,10H2,2-3H3;2H,1,3-5H2. The molecule has 1 rings (SSSR count). The number of rotatable bonds is 5. The zero-order valence-corrected chi connectivity index (χ0v) is 12.3. The normalized spacial score (nSPS) is 15.2. The number of likely N-dealkylation sites (tertiary alicyclic amines) is 1. The van der Waals surface area contributed by atoms with Crippen LogP contribution in [0.25, 0.3) is 0 Å². The smallest absolute Gasteiger partial charge is 0.335 e. The highest BCUT2D eigenvalue weighted by Gasteiger charge is 2.16. The second-order valence-electron chi connectivity index (χ2n) is 4.66. The molecule has 0 aromatic rings. The number of hydrogen-bond acceptors (Lipinski definition) is 4. The molecule has 1 unspecified atom stereocenters. The van der Waals surface area contributed by atoms with Crippen molar-refractivity contribution in [3.8, 4) is 0 Å². The third kappa shape index (κ3) is 6.33. The molecule has 0 aromatic carbocycles. The Morgan fingerprint density at radius 1 is 1.45 bits per heavy atom. The molecular formula is C15H24N2O3. The minimum Gasteiger partial charge on any atom is -0.440 e. The number of nitrogens with two attached hydrogens (primary N) is 1. The van der Waals surface area contributed by atoms with Crippen LogP contribution in [0.5, 0.6) is 0 Å². The van der Waals surface area contributed by atoms with E-state index in [1.165, 1.54) is 6.08 Å². The van der Waals surface area contributed by atoms with E-state index in [-0.39, 0.29) is 11.8 Å². The molecule has 0 aliphatic carbocycles. The fraction of sp³-hybridized carbons (Fsp3) is 0.467. The van der Waals surface area contributed by atoms with E-state index in [4.69, 9.17) is 10.5 Å². The summed E-state index contributed by atoms with van der Waals surface area (Å²) in [5.41, 5.74) is 5.73. The van der Waals surface area contributed by atoms with Crippen molar-refractivity contribution in [2.75, 3.05) is 6.54 Å². The molecule has 5 nitrogen and oxygen atoms in total. The molecule has 0 spiro atoms. The van der Waals surface area contributed by atoms with Crippen LogP contribution in [0.2, 0.25) is 0 Å². The molecule has 0 saturated carbocycles. The third-order valence-electron chi connectivity index (χ3n) is 2.76. The lowest BCUT2D eigenvalue weighted by Gasteiger charge is -2.11. The van der Waals surface area contributed by atoms with E-state index in [9.17, 15) is 9.59 Å². The van der Waals surface area contributed by atoms with Crippen molar-refractivity contribution in [1.82, 2.24) is 4.90 Å². The van der Waals surface area contributed by atoms with E-state index in [1.54, 1.807) is 11.1 Å². The van der Waals surface area contributed by atoms with Crippen LogP contribution in [0.15, 0.2) is 37.6 Å². The maximum Gasteiger partial charge on any atom is 0.335 e. The number of nitrogens with zero attached hydrogens (tertiary/aromatic N) is 1. The highest BCUT2D eigenvalue weighted by molar-refractivity contribution is 5.88. The lowest BCUT2D eigenvalue weighted by Crippen LogP contribution is -2.26. The Morgan fingerprint density at radius 2 is 2.05 bits per heavy atom. The molecule has 1 amide bonds. The first-order chi connectivity index (χ1) is 9.33. The van der Waals surface area contributed by atoms with Gasteiger partial charge in [-0.2, -0.15) is 0 Å². The van der Waals surface area contributed by atoms with Crippen molar-refractivity contribution in [2.24, 2.45) is 11.7 Å². The van der Waals surface area contributed by atoms with Crippen LogP contribution < -0.4 is 5.73 Å². The van der Waals surface area contributed by atoms with Gasteiger partial charge in [-0.15, -0.1) is 0 Å². The summed E-state index contributed by atoms with van der Waals surface area (Å²) in [7, 11) is 0. The Labute approximate surface area is 120 Å². The number of carbonyl (C=O) groups excluding carboxylic acids is 2. The van der Waals surface area contributed by atoms with E-state index in [1.807, 2.05) is 13.8 Å². The summed E-state index contributed by atoms with van der Waals surface area (Å²) in [5.74, 6) is -0.174. The molecule has 1 saturated heterocycles. The first kappa shape index (κ1) is 18.1. The molecule has 112 valence electrons. The minimum atomic E-state index is -0.743. The average Bonchev–Trinajstić information content (AvgIpc) is 2.83. The zero-order valence-electron chi connectivity index (χ0n) is 12.3. The fourth-order valence-corrected chi connectivity index (χ4v) is 1.35. The highest BCUT2D eigenvalue weighted by atomic mass is 16.6. The monoisotopic (exact) mass is 280 g/mol. The fourth-order valence-electron chi connectivity index (χ4n) is 1.35. The predicted molar refractivity (Wildman–Crippen MR) is 79.4 cm³/mol. The molecule has 2 N–H and O–H groups in total. The Hall–Kier alpha value is -1.88. The zero-order chi connectivity index (χ0) is 15.7. The number of amides is 1. The van der Waals surface area contributed by atoms with Crippen molar-refractivity contribution < 1.29 is 14.3 Å². The molecule has 1 aliphatic rings. The van der Waals surface area contributed by atoms with Crippen LogP contribution in [0.1, 0.15) is 26.7 Å². The van der Waals surface area contributed by atoms with Crippen LogP contribution in [0.3, 0.4) is 0 Å². The Kier molecular flexibility index (Phi) is 8.24. The van der Waals surface area contributed by atoms with E-state index >= 15 is 0 Å². The molecule has 5 heteroatoms. The van der Waals surface area contributed by atoms with Crippen LogP contribution in [-0.4, -0.2) is 29.5 Å². The first-order valence-electron chi connectivity index (χ1n) is 6.53. The third-order valence-corrected chi connectivity index (χ3v) is 2.76. The molecule has 20 heavy (non-hydrogen) atoms. The molecule has 1 fully saturated rings. The van der Waals surface area contributed by atoms with Gasteiger partial charge in [0, 0.05) is 18.5 Å². The lowest BCUT2D eigenvalue weighted by molar-refractivity contribution is -0.142. The van der Waals surface area contributed by atoms with Gasteiger partial charge < -0.3 is 9.64 Å². The highest BCUT2D eigenvalue weighted by Crippen LogP contribution is 2.09. The van der Waals surface area contributed by atoms with Crippen LogP contribution in [0, 0.1) is 5.92 Å². The second kappa shape index (κ2) is 9.09. The van der Waals surface area contributed by atoms with Crippen molar-refractivity contribution in [2.45, 2.75) is 32.9 Å². The Bertz CT molecular complexity index is 389. The van der Waals surface area contributed by atoms with Gasteiger partial charge in [0.1, 0.15) is 0 Å².